The Labute approximate surface area is 265 Å². The van der Waals surface area contributed by atoms with Gasteiger partial charge in [-0.3, -0.25) is 14.4 Å². The van der Waals surface area contributed by atoms with E-state index in [1.807, 2.05) is 73.8 Å². The normalized spacial score (nSPS) is 16.4. The fourth-order valence-electron chi connectivity index (χ4n) is 5.33. The minimum Gasteiger partial charge on any atom is -0.492 e. The molecule has 5 aromatic rings. The molecule has 0 radical (unpaired) electrons. The smallest absolute Gasteiger partial charge is 0.255 e. The van der Waals surface area contributed by atoms with Crippen molar-refractivity contribution in [3.63, 3.8) is 0 Å². The van der Waals surface area contributed by atoms with Gasteiger partial charge in [-0.15, -0.1) is 11.3 Å². The van der Waals surface area contributed by atoms with Gasteiger partial charge in [0.2, 0.25) is 5.91 Å². The van der Waals surface area contributed by atoms with Crippen molar-refractivity contribution in [1.29, 1.82) is 0 Å². The molecule has 2 bridgehead atoms. The highest BCUT2D eigenvalue weighted by Crippen LogP contribution is 2.27. The first-order valence-electron chi connectivity index (χ1n) is 14.9. The Morgan fingerprint density at radius 1 is 0.978 bits per heavy atom. The van der Waals surface area contributed by atoms with Crippen molar-refractivity contribution in [2.24, 2.45) is 5.92 Å². The monoisotopic (exact) mass is 622 g/mol. The van der Waals surface area contributed by atoms with E-state index in [-0.39, 0.29) is 49.9 Å². The summed E-state index contributed by atoms with van der Waals surface area (Å²) in [6, 6.07) is 23.8. The van der Waals surface area contributed by atoms with E-state index in [0.717, 1.165) is 15.6 Å². The van der Waals surface area contributed by atoms with Crippen molar-refractivity contribution in [2.45, 2.75) is 26.4 Å². The number of aromatic nitrogens is 3. The van der Waals surface area contributed by atoms with Crippen LogP contribution < -0.4 is 15.4 Å². The number of ether oxygens (including phenoxy) is 1. The zero-order valence-corrected chi connectivity index (χ0v) is 25.9. The van der Waals surface area contributed by atoms with Crippen molar-refractivity contribution in [3.8, 4) is 17.1 Å². The molecule has 3 aromatic carbocycles. The van der Waals surface area contributed by atoms with Gasteiger partial charge < -0.3 is 20.3 Å². The third-order valence-corrected chi connectivity index (χ3v) is 8.63. The van der Waals surface area contributed by atoms with Crippen LogP contribution in [0.25, 0.3) is 21.5 Å². The topological polar surface area (TPSA) is 118 Å². The van der Waals surface area contributed by atoms with E-state index >= 15 is 0 Å². The lowest BCUT2D eigenvalue weighted by Gasteiger charge is -2.26. The molecule has 1 atom stereocenters. The number of amides is 3. The highest BCUT2D eigenvalue weighted by molar-refractivity contribution is 7.17. The fourth-order valence-corrected chi connectivity index (χ4v) is 6.26. The third kappa shape index (κ3) is 6.73. The van der Waals surface area contributed by atoms with Gasteiger partial charge in [-0.05, 0) is 30.2 Å². The second-order valence-electron chi connectivity index (χ2n) is 11.2. The average Bonchev–Trinajstić information content (AvgIpc) is 3.67. The van der Waals surface area contributed by atoms with Crippen molar-refractivity contribution < 1.29 is 19.1 Å². The maximum atomic E-state index is 13.9. The summed E-state index contributed by atoms with van der Waals surface area (Å²) < 4.78 is 8.78. The molecule has 6 rings (SSSR count). The molecule has 0 unspecified atom stereocenters. The van der Waals surface area contributed by atoms with Crippen LogP contribution in [0.2, 0.25) is 0 Å². The zero-order chi connectivity index (χ0) is 31.3. The number of carbonyl (C=O) groups excluding carboxylic acids is 3. The molecule has 0 aliphatic carbocycles. The number of carbonyl (C=O) groups is 3. The van der Waals surface area contributed by atoms with Gasteiger partial charge in [-0.1, -0.05) is 68.4 Å². The van der Waals surface area contributed by atoms with E-state index in [1.54, 1.807) is 28.9 Å². The van der Waals surface area contributed by atoms with Crippen LogP contribution in [0.1, 0.15) is 46.4 Å². The summed E-state index contributed by atoms with van der Waals surface area (Å²) in [5.74, 6) is 0.735. The molecule has 1 aliphatic rings. The predicted octanol–water partition coefficient (Wildman–Crippen LogP) is 4.94. The highest BCUT2D eigenvalue weighted by atomic mass is 32.1. The van der Waals surface area contributed by atoms with Crippen molar-refractivity contribution in [3.05, 3.63) is 101 Å². The lowest BCUT2D eigenvalue weighted by molar-refractivity contribution is -0.123. The number of hydrogen-bond donors (Lipinski definition) is 2. The van der Waals surface area contributed by atoms with Gasteiger partial charge in [0, 0.05) is 39.7 Å². The van der Waals surface area contributed by atoms with E-state index in [9.17, 15) is 14.4 Å². The number of benzene rings is 3. The van der Waals surface area contributed by atoms with Gasteiger partial charge in [0.25, 0.3) is 11.8 Å². The lowest BCUT2D eigenvalue weighted by atomic mass is 10.0. The molecule has 45 heavy (non-hydrogen) atoms. The number of rotatable bonds is 3. The van der Waals surface area contributed by atoms with E-state index in [4.69, 9.17) is 14.8 Å². The largest absolute Gasteiger partial charge is 0.492 e. The third-order valence-electron chi connectivity index (χ3n) is 7.66. The van der Waals surface area contributed by atoms with Crippen LogP contribution in [-0.4, -0.2) is 63.6 Å². The highest BCUT2D eigenvalue weighted by Gasteiger charge is 2.28. The quantitative estimate of drug-likeness (QED) is 0.294. The Balaban J connectivity index is 1.36. The van der Waals surface area contributed by atoms with Gasteiger partial charge in [-0.25, -0.2) is 9.67 Å². The molecule has 0 fully saturated rings. The van der Waals surface area contributed by atoms with Crippen molar-refractivity contribution in [2.75, 3.05) is 26.2 Å². The molecule has 1 aliphatic heterocycles. The SMILES string of the molecule is CC(C)[C@@H]1NC(=O)CN(C(=O)c2csc3ccccc23)CCNC(=O)c2cccc(c2)OCCn2nc(-c3ccccc3)nc21. The van der Waals surface area contributed by atoms with Gasteiger partial charge in [0.1, 0.15) is 12.4 Å². The van der Waals surface area contributed by atoms with E-state index in [0.29, 0.717) is 35.1 Å². The van der Waals surface area contributed by atoms with Gasteiger partial charge in [0.05, 0.1) is 24.7 Å². The van der Waals surface area contributed by atoms with Crippen molar-refractivity contribution in [1.82, 2.24) is 30.3 Å². The summed E-state index contributed by atoms with van der Waals surface area (Å²) in [5.41, 5.74) is 1.81. The Hall–Kier alpha value is -5.03. The van der Waals surface area contributed by atoms with Crippen LogP contribution >= 0.6 is 11.3 Å². The molecule has 0 saturated heterocycles. The molecular formula is C34H34N6O4S. The van der Waals surface area contributed by atoms with E-state index in [2.05, 4.69) is 10.6 Å². The second-order valence-corrected chi connectivity index (χ2v) is 12.1. The van der Waals surface area contributed by atoms with Crippen LogP contribution in [0.5, 0.6) is 5.75 Å². The van der Waals surface area contributed by atoms with Crippen LogP contribution in [0.4, 0.5) is 0 Å². The molecule has 0 saturated carbocycles. The Morgan fingerprint density at radius 2 is 1.76 bits per heavy atom. The lowest BCUT2D eigenvalue weighted by Crippen LogP contribution is -2.46. The Bertz CT molecular complexity index is 1830. The summed E-state index contributed by atoms with van der Waals surface area (Å²) in [5, 5.41) is 13.5. The van der Waals surface area contributed by atoms with Crippen LogP contribution in [-0.2, 0) is 11.3 Å². The Kier molecular flexibility index (Phi) is 8.88. The maximum Gasteiger partial charge on any atom is 0.255 e. The summed E-state index contributed by atoms with van der Waals surface area (Å²) in [6.45, 7) is 4.75. The van der Waals surface area contributed by atoms with E-state index in [1.165, 1.54) is 16.2 Å². The first-order chi connectivity index (χ1) is 21.9. The first-order valence-corrected chi connectivity index (χ1v) is 15.8. The minimum atomic E-state index is -0.486. The number of fused-ring (bicyclic) bond motifs is 4. The van der Waals surface area contributed by atoms with Gasteiger partial charge in [-0.2, -0.15) is 5.10 Å². The van der Waals surface area contributed by atoms with Gasteiger partial charge in [0.15, 0.2) is 11.6 Å². The standard InChI is InChI=1S/C34H34N6O4S/c1-22(2)30-32-37-31(23-9-4-3-5-10-23)38-40(32)17-18-44-25-12-8-11-24(19-25)33(42)35-15-16-39(20-29(41)36-30)34(43)27-21-45-28-14-7-6-13-26(27)28/h3-14,19,21-22,30H,15-18,20H2,1-2H3,(H,35,42)(H,36,41)/t30-/m0/s1. The molecule has 2 aromatic heterocycles. The molecule has 3 amide bonds. The molecule has 2 N–H and O–H groups in total. The Morgan fingerprint density at radius 3 is 2.58 bits per heavy atom. The fraction of sp³-hybridized carbons (Fsp3) is 0.265. The molecule has 11 heteroatoms. The number of nitrogens with zero attached hydrogens (tertiary/aromatic N) is 4. The number of hydrogen-bond acceptors (Lipinski definition) is 7. The first kappa shape index (κ1) is 30.0. The zero-order valence-electron chi connectivity index (χ0n) is 25.1. The molecule has 3 heterocycles. The van der Waals surface area contributed by atoms with E-state index < -0.39 is 6.04 Å². The molecule has 10 nitrogen and oxygen atoms in total. The van der Waals surface area contributed by atoms with Crippen LogP contribution in [0, 0.1) is 5.92 Å². The average molecular weight is 623 g/mol. The summed E-state index contributed by atoms with van der Waals surface area (Å²) >= 11 is 1.48. The van der Waals surface area contributed by atoms with Gasteiger partial charge >= 0.3 is 0 Å². The summed E-state index contributed by atoms with van der Waals surface area (Å²) in [7, 11) is 0. The number of nitrogens with one attached hydrogen (secondary N) is 2. The molecule has 0 spiro atoms. The summed E-state index contributed by atoms with van der Waals surface area (Å²) in [6.07, 6.45) is 0. The molecule has 230 valence electrons. The summed E-state index contributed by atoms with van der Waals surface area (Å²) in [4.78, 5) is 47.0. The maximum absolute atomic E-state index is 13.9. The van der Waals surface area contributed by atoms with Crippen LogP contribution in [0.15, 0.2) is 84.2 Å². The minimum absolute atomic E-state index is 0.0375. The number of thiophene rings is 1. The second kappa shape index (κ2) is 13.3. The van der Waals surface area contributed by atoms with Crippen molar-refractivity contribution >= 4 is 39.1 Å². The molecular weight excluding hydrogens is 588 g/mol. The van der Waals surface area contributed by atoms with Crippen LogP contribution in [0.3, 0.4) is 0 Å². The predicted molar refractivity (Wildman–Crippen MR) is 173 cm³/mol.